The third kappa shape index (κ3) is 2.71. The first-order chi connectivity index (χ1) is 11.3. The molecule has 1 heterocycles. The fourth-order valence-corrected chi connectivity index (χ4v) is 2.24. The van der Waals surface area contributed by atoms with E-state index in [-0.39, 0.29) is 16.8 Å². The van der Waals surface area contributed by atoms with Gasteiger partial charge < -0.3 is 0 Å². The number of nitro groups is 1. The molecule has 3 aromatic rings. The van der Waals surface area contributed by atoms with Crippen LogP contribution in [0.1, 0.15) is 5.56 Å². The van der Waals surface area contributed by atoms with Gasteiger partial charge in [0.1, 0.15) is 0 Å². The van der Waals surface area contributed by atoms with Crippen LogP contribution in [0.3, 0.4) is 0 Å². The van der Waals surface area contributed by atoms with Gasteiger partial charge in [0.05, 0.1) is 27.8 Å². The molecule has 0 atom stereocenters. The summed E-state index contributed by atoms with van der Waals surface area (Å²) in [4.78, 5) is 22.6. The molecule has 0 bridgehead atoms. The smallest absolute Gasteiger partial charge is 0.267 e. The summed E-state index contributed by atoms with van der Waals surface area (Å²) >= 11 is 0. The maximum absolute atomic E-state index is 12.8. The number of rotatable bonds is 2. The van der Waals surface area contributed by atoms with Crippen LogP contribution in [0.5, 0.6) is 0 Å². The van der Waals surface area contributed by atoms with Gasteiger partial charge in [-0.25, -0.2) is 0 Å². The molecule has 2 aromatic carbocycles. The minimum Gasteiger partial charge on any atom is -0.267 e. The van der Waals surface area contributed by atoms with Crippen LogP contribution in [-0.4, -0.2) is 14.7 Å². The van der Waals surface area contributed by atoms with Gasteiger partial charge in [0, 0.05) is 17.5 Å². The second-order valence-corrected chi connectivity index (χ2v) is 4.94. The van der Waals surface area contributed by atoms with E-state index >= 15 is 0 Å². The molecule has 122 valence electrons. The van der Waals surface area contributed by atoms with Crippen LogP contribution >= 0.6 is 0 Å². The Bertz CT molecular complexity index is 1010. The SMILES string of the molecule is O=c1c2cc([N+](=O)[O-])ccc2cnn1-c1cccc(C(F)(F)F)c1. The maximum atomic E-state index is 12.8. The van der Waals surface area contributed by atoms with Crippen molar-refractivity contribution in [2.45, 2.75) is 6.18 Å². The first kappa shape index (κ1) is 15.7. The van der Waals surface area contributed by atoms with Gasteiger partial charge in [-0.3, -0.25) is 14.9 Å². The van der Waals surface area contributed by atoms with Gasteiger partial charge in [-0.05, 0) is 24.3 Å². The largest absolute Gasteiger partial charge is 0.416 e. The summed E-state index contributed by atoms with van der Waals surface area (Å²) in [5.41, 5.74) is -2.03. The number of alkyl halides is 3. The zero-order chi connectivity index (χ0) is 17.5. The second kappa shape index (κ2) is 5.44. The Morgan fingerprint density at radius 1 is 1.12 bits per heavy atom. The molecule has 0 radical (unpaired) electrons. The van der Waals surface area contributed by atoms with E-state index in [1.807, 2.05) is 0 Å². The summed E-state index contributed by atoms with van der Waals surface area (Å²) in [7, 11) is 0. The molecule has 0 N–H and O–H groups in total. The van der Waals surface area contributed by atoms with Gasteiger partial charge in [0.2, 0.25) is 0 Å². The van der Waals surface area contributed by atoms with E-state index in [0.29, 0.717) is 5.39 Å². The number of aromatic nitrogens is 2. The number of benzene rings is 2. The molecular weight excluding hydrogens is 327 g/mol. The first-order valence-electron chi connectivity index (χ1n) is 6.61. The number of nitrogens with zero attached hydrogens (tertiary/aromatic N) is 3. The van der Waals surface area contributed by atoms with E-state index < -0.39 is 22.2 Å². The summed E-state index contributed by atoms with van der Waals surface area (Å²) in [5, 5.41) is 15.0. The Kier molecular flexibility index (Phi) is 3.55. The highest BCUT2D eigenvalue weighted by Gasteiger charge is 2.30. The molecular formula is C15H8F3N3O3. The van der Waals surface area contributed by atoms with Gasteiger partial charge in [-0.1, -0.05) is 6.07 Å². The highest BCUT2D eigenvalue weighted by molar-refractivity contribution is 5.83. The highest BCUT2D eigenvalue weighted by atomic mass is 19.4. The lowest BCUT2D eigenvalue weighted by Crippen LogP contribution is -2.21. The fourth-order valence-electron chi connectivity index (χ4n) is 2.24. The molecule has 3 rings (SSSR count). The van der Waals surface area contributed by atoms with Crippen LogP contribution in [0.25, 0.3) is 16.5 Å². The Balaban J connectivity index is 2.22. The van der Waals surface area contributed by atoms with Crippen molar-refractivity contribution in [3.8, 4) is 5.69 Å². The van der Waals surface area contributed by atoms with Crippen LogP contribution in [0, 0.1) is 10.1 Å². The van der Waals surface area contributed by atoms with E-state index in [9.17, 15) is 28.1 Å². The van der Waals surface area contributed by atoms with Crippen molar-refractivity contribution in [1.82, 2.24) is 9.78 Å². The number of hydrogen-bond donors (Lipinski definition) is 0. The Morgan fingerprint density at radius 2 is 1.88 bits per heavy atom. The lowest BCUT2D eigenvalue weighted by Gasteiger charge is -2.10. The molecule has 6 nitrogen and oxygen atoms in total. The Labute approximate surface area is 131 Å². The van der Waals surface area contributed by atoms with Gasteiger partial charge in [-0.2, -0.15) is 23.0 Å². The zero-order valence-corrected chi connectivity index (χ0v) is 11.8. The maximum Gasteiger partial charge on any atom is 0.416 e. The van der Waals surface area contributed by atoms with Gasteiger partial charge >= 0.3 is 6.18 Å². The standard InChI is InChI=1S/C15H8F3N3O3/c16-15(17,18)10-2-1-3-11(6-10)20-14(22)13-7-12(21(23)24)5-4-9(13)8-19-20/h1-8H. The molecule has 0 amide bonds. The van der Waals surface area contributed by atoms with Crippen LogP contribution in [0.2, 0.25) is 0 Å². The molecule has 0 unspecified atom stereocenters. The van der Waals surface area contributed by atoms with E-state index in [1.165, 1.54) is 24.4 Å². The predicted octanol–water partition coefficient (Wildman–Crippen LogP) is 3.31. The zero-order valence-electron chi connectivity index (χ0n) is 11.8. The number of fused-ring (bicyclic) bond motifs is 1. The minimum atomic E-state index is -4.56. The van der Waals surface area contributed by atoms with Crippen molar-refractivity contribution in [2.24, 2.45) is 0 Å². The molecule has 1 aromatic heterocycles. The number of non-ortho nitro benzene ring substituents is 1. The van der Waals surface area contributed by atoms with Crippen LogP contribution < -0.4 is 5.56 Å². The van der Waals surface area contributed by atoms with E-state index in [2.05, 4.69) is 5.10 Å². The minimum absolute atomic E-state index is 0.00314. The third-order valence-corrected chi connectivity index (χ3v) is 3.40. The lowest BCUT2D eigenvalue weighted by atomic mass is 10.1. The number of halogens is 3. The molecule has 0 aliphatic heterocycles. The molecule has 9 heteroatoms. The van der Waals surface area contributed by atoms with Crippen molar-refractivity contribution in [2.75, 3.05) is 0 Å². The summed E-state index contributed by atoms with van der Waals surface area (Å²) in [6.45, 7) is 0. The van der Waals surface area contributed by atoms with Crippen LogP contribution in [-0.2, 0) is 6.18 Å². The lowest BCUT2D eigenvalue weighted by molar-refractivity contribution is -0.384. The van der Waals surface area contributed by atoms with Crippen molar-refractivity contribution < 1.29 is 18.1 Å². The Hall–Kier alpha value is -3.23. The summed E-state index contributed by atoms with van der Waals surface area (Å²) < 4.78 is 39.2. The average molecular weight is 335 g/mol. The molecule has 0 fully saturated rings. The van der Waals surface area contributed by atoms with Gasteiger partial charge in [0.25, 0.3) is 11.2 Å². The topological polar surface area (TPSA) is 78.0 Å². The summed E-state index contributed by atoms with van der Waals surface area (Å²) in [5.74, 6) is 0. The van der Waals surface area contributed by atoms with Crippen molar-refractivity contribution >= 4 is 16.5 Å². The molecule has 0 aliphatic rings. The molecule has 0 aliphatic carbocycles. The van der Waals surface area contributed by atoms with Crippen molar-refractivity contribution in [1.29, 1.82) is 0 Å². The molecule has 24 heavy (non-hydrogen) atoms. The normalized spacial score (nSPS) is 11.6. The second-order valence-electron chi connectivity index (χ2n) is 4.94. The van der Waals surface area contributed by atoms with Crippen LogP contribution in [0.15, 0.2) is 53.5 Å². The van der Waals surface area contributed by atoms with Gasteiger partial charge in [0.15, 0.2) is 0 Å². The Morgan fingerprint density at radius 3 is 2.54 bits per heavy atom. The quantitative estimate of drug-likeness (QED) is 0.532. The summed E-state index contributed by atoms with van der Waals surface area (Å²) in [6.07, 6.45) is -3.30. The van der Waals surface area contributed by atoms with Gasteiger partial charge in [-0.15, -0.1) is 0 Å². The van der Waals surface area contributed by atoms with Crippen molar-refractivity contribution in [3.05, 3.63) is 74.7 Å². The van der Waals surface area contributed by atoms with E-state index in [1.54, 1.807) is 0 Å². The molecule has 0 saturated carbocycles. The van der Waals surface area contributed by atoms with E-state index in [0.717, 1.165) is 28.9 Å². The molecule has 0 spiro atoms. The average Bonchev–Trinajstić information content (AvgIpc) is 2.54. The predicted molar refractivity (Wildman–Crippen MR) is 79.0 cm³/mol. The fraction of sp³-hybridized carbons (Fsp3) is 0.0667. The number of nitro benzene ring substituents is 1. The first-order valence-corrected chi connectivity index (χ1v) is 6.61. The van der Waals surface area contributed by atoms with E-state index in [4.69, 9.17) is 0 Å². The summed E-state index contributed by atoms with van der Waals surface area (Å²) in [6, 6.07) is 7.77. The van der Waals surface area contributed by atoms with Crippen LogP contribution in [0.4, 0.5) is 18.9 Å². The van der Waals surface area contributed by atoms with Crippen molar-refractivity contribution in [3.63, 3.8) is 0 Å². The third-order valence-electron chi connectivity index (χ3n) is 3.40. The number of hydrogen-bond acceptors (Lipinski definition) is 4. The monoisotopic (exact) mass is 335 g/mol. The highest BCUT2D eigenvalue weighted by Crippen LogP contribution is 2.30. The molecule has 0 saturated heterocycles.